The van der Waals surface area contributed by atoms with Crippen LogP contribution in [0.25, 0.3) is 0 Å². The molecule has 8 heteroatoms. The van der Waals surface area contributed by atoms with Crippen molar-refractivity contribution in [2.45, 2.75) is 58.8 Å². The Morgan fingerprint density at radius 2 is 1.04 bits per heavy atom. The molecule has 7 rings (SSSR count). The molecule has 2 aliphatic carbocycles. The molecule has 2 fully saturated rings. The molecule has 0 saturated heterocycles. The van der Waals surface area contributed by atoms with Gasteiger partial charge in [0.05, 0.1) is 5.56 Å². The second-order valence-corrected chi connectivity index (χ2v) is 16.3. The van der Waals surface area contributed by atoms with Gasteiger partial charge in [-0.3, -0.25) is 4.79 Å². The molecule has 0 amide bonds. The SMILES string of the molecule is C.O=C(c1ccc(Br)cc1F)C1CCCC1.OCC1CCCC1.Oc1ccc(Br)cc1F.c1ccc(P(c2ccccc2)c2ccccc2)cc1. The highest BCUT2D eigenvalue weighted by atomic mass is 79.9. The molecule has 5 aromatic rings. The van der Waals surface area contributed by atoms with Crippen LogP contribution < -0.4 is 15.9 Å². The van der Waals surface area contributed by atoms with Crippen molar-refractivity contribution in [1.82, 2.24) is 0 Å². The number of aliphatic hydroxyl groups is 1. The molecule has 51 heavy (non-hydrogen) atoms. The normalized spacial score (nSPS) is 13.8. The van der Waals surface area contributed by atoms with E-state index in [1.54, 1.807) is 18.2 Å². The summed E-state index contributed by atoms with van der Waals surface area (Å²) in [4.78, 5) is 11.9. The van der Waals surface area contributed by atoms with Crippen LogP contribution in [-0.2, 0) is 0 Å². The maximum Gasteiger partial charge on any atom is 0.168 e. The second-order valence-electron chi connectivity index (χ2n) is 12.2. The van der Waals surface area contributed by atoms with Crippen molar-refractivity contribution in [3.63, 3.8) is 0 Å². The zero-order valence-electron chi connectivity index (χ0n) is 27.9. The van der Waals surface area contributed by atoms with E-state index in [9.17, 15) is 13.6 Å². The van der Waals surface area contributed by atoms with Gasteiger partial charge in [-0.05, 0) is 91.8 Å². The fourth-order valence-corrected chi connectivity index (χ4v) is 8.92. The summed E-state index contributed by atoms with van der Waals surface area (Å²) in [5, 5.41) is 21.4. The Bertz CT molecular complexity index is 1640. The van der Waals surface area contributed by atoms with Gasteiger partial charge in [-0.2, -0.15) is 0 Å². The summed E-state index contributed by atoms with van der Waals surface area (Å²) in [5.41, 5.74) is 0.241. The predicted octanol–water partition coefficient (Wildman–Crippen LogP) is 11.5. The fraction of sp³-hybridized carbons (Fsp3) is 0.279. The molecule has 0 aliphatic heterocycles. The highest BCUT2D eigenvalue weighted by molar-refractivity contribution is 9.10. The lowest BCUT2D eigenvalue weighted by Crippen LogP contribution is -2.20. The summed E-state index contributed by atoms with van der Waals surface area (Å²) in [6, 6.07) is 41.0. The number of benzene rings is 5. The maximum atomic E-state index is 13.5. The number of carbonyl (C=O) groups is 1. The van der Waals surface area contributed by atoms with Crippen molar-refractivity contribution in [1.29, 1.82) is 0 Å². The minimum atomic E-state index is -0.607. The first-order valence-electron chi connectivity index (χ1n) is 17.0. The van der Waals surface area contributed by atoms with Gasteiger partial charge in [-0.15, -0.1) is 0 Å². The molecule has 2 N–H and O–H groups in total. The molecule has 270 valence electrons. The van der Waals surface area contributed by atoms with Crippen molar-refractivity contribution in [3.8, 4) is 5.75 Å². The van der Waals surface area contributed by atoms with Crippen molar-refractivity contribution in [3.05, 3.63) is 154 Å². The Morgan fingerprint density at radius 3 is 1.41 bits per heavy atom. The summed E-state index contributed by atoms with van der Waals surface area (Å²) in [6.07, 6.45) is 9.20. The van der Waals surface area contributed by atoms with E-state index in [-0.39, 0.29) is 30.4 Å². The maximum absolute atomic E-state index is 13.5. The molecule has 0 bridgehead atoms. The highest BCUT2D eigenvalue weighted by Crippen LogP contribution is 2.32. The van der Waals surface area contributed by atoms with Gasteiger partial charge < -0.3 is 10.2 Å². The average Bonchev–Trinajstić information content (AvgIpc) is 3.88. The number of aliphatic hydroxyl groups excluding tert-OH is 1. The molecule has 0 heterocycles. The van der Waals surface area contributed by atoms with E-state index in [4.69, 9.17) is 10.2 Å². The summed E-state index contributed by atoms with van der Waals surface area (Å²) < 4.78 is 27.1. The van der Waals surface area contributed by atoms with Crippen molar-refractivity contribution in [2.75, 3.05) is 6.61 Å². The van der Waals surface area contributed by atoms with Gasteiger partial charge in [0.25, 0.3) is 0 Å². The Morgan fingerprint density at radius 1 is 0.627 bits per heavy atom. The number of rotatable bonds is 6. The van der Waals surface area contributed by atoms with Crippen LogP contribution in [-0.4, -0.2) is 22.6 Å². The largest absolute Gasteiger partial charge is 0.505 e. The number of ketones is 1. The zero-order valence-corrected chi connectivity index (χ0v) is 32.0. The minimum Gasteiger partial charge on any atom is -0.505 e. The van der Waals surface area contributed by atoms with Crippen LogP contribution in [0.15, 0.2) is 136 Å². The van der Waals surface area contributed by atoms with Gasteiger partial charge in [-0.1, -0.05) is 156 Å². The number of halogens is 4. The Balaban J connectivity index is 0.000000195. The predicted molar refractivity (Wildman–Crippen MR) is 217 cm³/mol. The molecular weight excluding hydrogens is 793 g/mol. The van der Waals surface area contributed by atoms with E-state index >= 15 is 0 Å². The lowest BCUT2D eigenvalue weighted by Gasteiger charge is -2.18. The molecule has 0 aromatic heterocycles. The third-order valence-corrected chi connectivity index (χ3v) is 12.0. The number of phenolic OH excluding ortho intramolecular Hbond substituents is 1. The first-order chi connectivity index (χ1) is 24.3. The number of hydrogen-bond donors (Lipinski definition) is 2. The topological polar surface area (TPSA) is 57.5 Å². The van der Waals surface area contributed by atoms with Gasteiger partial charge in [0.1, 0.15) is 5.82 Å². The number of hydrogen-bond acceptors (Lipinski definition) is 3. The Kier molecular flexibility index (Phi) is 18.7. The zero-order chi connectivity index (χ0) is 35.7. The quantitative estimate of drug-likeness (QED) is 0.132. The van der Waals surface area contributed by atoms with Crippen molar-refractivity contribution < 1.29 is 23.8 Å². The smallest absolute Gasteiger partial charge is 0.168 e. The van der Waals surface area contributed by atoms with E-state index < -0.39 is 19.6 Å². The average molecular weight is 841 g/mol. The van der Waals surface area contributed by atoms with Crippen molar-refractivity contribution >= 4 is 61.5 Å². The number of carbonyl (C=O) groups excluding carboxylic acids is 1. The van der Waals surface area contributed by atoms with Crippen LogP contribution >= 0.6 is 39.8 Å². The lowest BCUT2D eigenvalue weighted by molar-refractivity contribution is 0.0918. The van der Waals surface area contributed by atoms with E-state index in [1.807, 2.05) is 0 Å². The van der Waals surface area contributed by atoms with Crippen LogP contribution in [0.1, 0.15) is 69.2 Å². The summed E-state index contributed by atoms with van der Waals surface area (Å²) in [7, 11) is -0.446. The van der Waals surface area contributed by atoms with Crippen molar-refractivity contribution in [2.24, 2.45) is 11.8 Å². The molecule has 5 aromatic carbocycles. The van der Waals surface area contributed by atoms with Gasteiger partial charge in [0.15, 0.2) is 17.3 Å². The second kappa shape index (κ2) is 22.7. The minimum absolute atomic E-state index is 0. The number of aromatic hydroxyl groups is 1. The van der Waals surface area contributed by atoms with E-state index in [2.05, 4.69) is 123 Å². The summed E-state index contributed by atoms with van der Waals surface area (Å²) >= 11 is 6.22. The van der Waals surface area contributed by atoms with Gasteiger partial charge in [0, 0.05) is 21.5 Å². The van der Waals surface area contributed by atoms with Crippen LogP contribution in [0.3, 0.4) is 0 Å². The summed E-state index contributed by atoms with van der Waals surface area (Å²) in [6.45, 7) is 0.417. The molecule has 0 spiro atoms. The summed E-state index contributed by atoms with van der Waals surface area (Å²) in [5.74, 6) is -0.679. The molecule has 0 radical (unpaired) electrons. The fourth-order valence-electron chi connectivity index (χ4n) is 5.95. The first-order valence-corrected chi connectivity index (χ1v) is 19.9. The molecule has 2 aliphatic rings. The van der Waals surface area contributed by atoms with Crippen LogP contribution in [0.5, 0.6) is 5.75 Å². The number of phenols is 1. The van der Waals surface area contributed by atoms with E-state index in [0.717, 1.165) is 25.7 Å². The van der Waals surface area contributed by atoms with Crippen LogP contribution in [0.4, 0.5) is 8.78 Å². The van der Waals surface area contributed by atoms with Crippen LogP contribution in [0, 0.1) is 23.5 Å². The third-order valence-electron chi connectivity index (χ3n) is 8.61. The Hall–Kier alpha value is -3.22. The molecule has 0 atom stereocenters. The third kappa shape index (κ3) is 13.7. The van der Waals surface area contributed by atoms with E-state index in [0.29, 0.717) is 21.5 Å². The Labute approximate surface area is 320 Å². The van der Waals surface area contributed by atoms with E-state index in [1.165, 1.54) is 59.8 Å². The highest BCUT2D eigenvalue weighted by Gasteiger charge is 2.25. The van der Waals surface area contributed by atoms with Gasteiger partial charge >= 0.3 is 0 Å². The first kappa shape index (κ1) is 42.2. The lowest BCUT2D eigenvalue weighted by atomic mass is 9.96. The molecular formula is C43H47Br2F2O3P. The molecule has 0 unspecified atom stereocenters. The molecule has 3 nitrogen and oxygen atoms in total. The monoisotopic (exact) mass is 838 g/mol. The van der Waals surface area contributed by atoms with Gasteiger partial charge in [0.2, 0.25) is 0 Å². The van der Waals surface area contributed by atoms with Gasteiger partial charge in [-0.25, -0.2) is 8.78 Å². The number of Topliss-reactive ketones (excluding diaryl/α,β-unsaturated/α-hetero) is 1. The molecule has 2 saturated carbocycles. The standard InChI is InChI=1S/C18H15P.C12H12BrFO.C6H4BrFO.C6H12O.CH4/c1-4-10-16(11-5-1)19(17-12-6-2-7-13-17)18-14-8-3-9-15-18;13-9-5-6-10(11(14)7-9)12(15)8-3-1-2-4-8;7-4-1-2-6(9)5(8)3-4;7-5-6-3-1-2-4-6;/h1-15H;5-8H,1-4H2;1-3,9H;6-7H,1-5H2;1H4. The van der Waals surface area contributed by atoms with Crippen LogP contribution in [0.2, 0.25) is 0 Å².